The van der Waals surface area contributed by atoms with Crippen molar-refractivity contribution in [3.8, 4) is 5.75 Å². The number of amides is 1. The third-order valence-electron chi connectivity index (χ3n) is 4.82. The molecule has 0 saturated carbocycles. The van der Waals surface area contributed by atoms with Crippen LogP contribution in [0.3, 0.4) is 0 Å². The zero-order chi connectivity index (χ0) is 22.4. The minimum Gasteiger partial charge on any atom is -0.495 e. The van der Waals surface area contributed by atoms with Crippen LogP contribution in [0, 0.1) is 0 Å². The second-order valence-corrected chi connectivity index (χ2v) is 10.5. The molecule has 3 rings (SSSR count). The quantitative estimate of drug-likeness (QED) is 0.576. The Morgan fingerprint density at radius 2 is 1.97 bits per heavy atom. The number of hydrogen-bond donors (Lipinski definition) is 1. The standard InChI is InChI=1S/C20H25ClN4O4S2/c1-24-8-10-25(11-9-24)31(27,28)16-4-6-20(22-14-16)30-12-7-19(26)23-17-13-15(21)3-5-18(17)29-2/h3-6,13-14H,7-12H2,1-2H3,(H,23,26). The minimum atomic E-state index is -3.53. The molecular formula is C20H25ClN4O4S2. The Hall–Kier alpha value is -1.85. The molecule has 168 valence electrons. The fraction of sp³-hybridized carbons (Fsp3) is 0.400. The van der Waals surface area contributed by atoms with Crippen molar-refractivity contribution in [1.29, 1.82) is 0 Å². The summed E-state index contributed by atoms with van der Waals surface area (Å²) in [7, 11) is -0.0355. The van der Waals surface area contributed by atoms with E-state index in [9.17, 15) is 13.2 Å². The highest BCUT2D eigenvalue weighted by atomic mass is 35.5. The second kappa shape index (κ2) is 10.6. The van der Waals surface area contributed by atoms with E-state index >= 15 is 0 Å². The number of piperazine rings is 1. The van der Waals surface area contributed by atoms with Gasteiger partial charge < -0.3 is 15.0 Å². The molecule has 11 heteroatoms. The maximum atomic E-state index is 12.7. The monoisotopic (exact) mass is 484 g/mol. The van der Waals surface area contributed by atoms with Crippen molar-refractivity contribution >= 4 is 45.0 Å². The first kappa shape index (κ1) is 23.8. The van der Waals surface area contributed by atoms with Crippen LogP contribution in [-0.4, -0.2) is 74.6 Å². The van der Waals surface area contributed by atoms with Crippen molar-refractivity contribution in [2.75, 3.05) is 51.4 Å². The summed E-state index contributed by atoms with van der Waals surface area (Å²) >= 11 is 7.36. The largest absolute Gasteiger partial charge is 0.495 e. The number of carbonyl (C=O) groups is 1. The summed E-state index contributed by atoms with van der Waals surface area (Å²) in [6, 6.07) is 8.25. The van der Waals surface area contributed by atoms with Gasteiger partial charge in [-0.2, -0.15) is 4.31 Å². The lowest BCUT2D eigenvalue weighted by molar-refractivity contribution is -0.115. The van der Waals surface area contributed by atoms with Crippen LogP contribution in [0.5, 0.6) is 5.75 Å². The van der Waals surface area contributed by atoms with Crippen molar-refractivity contribution < 1.29 is 17.9 Å². The molecule has 1 aromatic carbocycles. The van der Waals surface area contributed by atoms with Gasteiger partial charge in [0.25, 0.3) is 0 Å². The molecule has 31 heavy (non-hydrogen) atoms. The second-order valence-electron chi connectivity index (χ2n) is 7.03. The van der Waals surface area contributed by atoms with Gasteiger partial charge in [0, 0.05) is 49.6 Å². The number of aromatic nitrogens is 1. The summed E-state index contributed by atoms with van der Waals surface area (Å²) in [6.45, 7) is 2.37. The number of likely N-dealkylation sites (N-methyl/N-ethyl adjacent to an activating group) is 1. The molecule has 2 heterocycles. The molecule has 1 amide bonds. The number of methoxy groups -OCH3 is 1. The summed E-state index contributed by atoms with van der Waals surface area (Å²) in [5, 5.41) is 3.95. The minimum absolute atomic E-state index is 0.178. The molecule has 0 spiro atoms. The number of carbonyl (C=O) groups excluding carboxylic acids is 1. The highest BCUT2D eigenvalue weighted by molar-refractivity contribution is 7.99. The van der Waals surface area contributed by atoms with Crippen LogP contribution in [0.25, 0.3) is 0 Å². The molecule has 1 N–H and O–H groups in total. The molecule has 0 aliphatic carbocycles. The molecule has 0 atom stereocenters. The number of halogens is 1. The van der Waals surface area contributed by atoms with Crippen LogP contribution < -0.4 is 10.1 Å². The predicted molar refractivity (Wildman–Crippen MR) is 122 cm³/mol. The molecule has 1 saturated heterocycles. The fourth-order valence-electron chi connectivity index (χ4n) is 3.02. The summed E-state index contributed by atoms with van der Waals surface area (Å²) in [5.74, 6) is 0.846. The molecule has 2 aromatic rings. The number of anilines is 1. The average molecular weight is 485 g/mol. The topological polar surface area (TPSA) is 91.8 Å². The molecule has 1 aromatic heterocycles. The van der Waals surface area contributed by atoms with Crippen LogP contribution >= 0.6 is 23.4 Å². The number of nitrogens with one attached hydrogen (secondary N) is 1. The van der Waals surface area contributed by atoms with Gasteiger partial charge >= 0.3 is 0 Å². The highest BCUT2D eigenvalue weighted by Gasteiger charge is 2.27. The summed E-state index contributed by atoms with van der Waals surface area (Å²) in [4.78, 5) is 18.8. The van der Waals surface area contributed by atoms with Gasteiger partial charge in [-0.1, -0.05) is 11.6 Å². The van der Waals surface area contributed by atoms with E-state index in [0.717, 1.165) is 0 Å². The summed E-state index contributed by atoms with van der Waals surface area (Å²) < 4.78 is 32.2. The molecule has 8 nitrogen and oxygen atoms in total. The van der Waals surface area contributed by atoms with Crippen LogP contribution in [0.15, 0.2) is 46.5 Å². The lowest BCUT2D eigenvalue weighted by Crippen LogP contribution is -2.47. The fourth-order valence-corrected chi connectivity index (χ4v) is 5.35. The van der Waals surface area contributed by atoms with Gasteiger partial charge in [0.15, 0.2) is 0 Å². The smallest absolute Gasteiger partial charge is 0.244 e. The van der Waals surface area contributed by atoms with E-state index in [1.807, 2.05) is 7.05 Å². The van der Waals surface area contributed by atoms with Crippen LogP contribution in [0.2, 0.25) is 5.02 Å². The van der Waals surface area contributed by atoms with E-state index in [1.54, 1.807) is 30.3 Å². The zero-order valence-electron chi connectivity index (χ0n) is 17.4. The van der Waals surface area contributed by atoms with Crippen molar-refractivity contribution in [2.24, 2.45) is 0 Å². The lowest BCUT2D eigenvalue weighted by atomic mass is 10.3. The van der Waals surface area contributed by atoms with Crippen LogP contribution in [0.4, 0.5) is 5.69 Å². The maximum absolute atomic E-state index is 12.7. The normalized spacial score (nSPS) is 15.6. The number of rotatable bonds is 8. The van der Waals surface area contributed by atoms with Crippen molar-refractivity contribution in [2.45, 2.75) is 16.3 Å². The molecular weight excluding hydrogens is 460 g/mol. The lowest BCUT2D eigenvalue weighted by Gasteiger charge is -2.31. The average Bonchev–Trinajstić information content (AvgIpc) is 2.74. The van der Waals surface area contributed by atoms with Gasteiger partial charge in [-0.25, -0.2) is 13.4 Å². The van der Waals surface area contributed by atoms with E-state index in [0.29, 0.717) is 53.4 Å². The number of thioether (sulfide) groups is 1. The third-order valence-corrected chi connectivity index (χ3v) is 7.89. The number of pyridine rings is 1. The number of hydrogen-bond acceptors (Lipinski definition) is 7. The SMILES string of the molecule is COc1ccc(Cl)cc1NC(=O)CCSc1ccc(S(=O)(=O)N2CCN(C)CC2)cn1. The van der Waals surface area contributed by atoms with E-state index in [1.165, 1.54) is 29.4 Å². The Balaban J connectivity index is 1.51. The van der Waals surface area contributed by atoms with E-state index in [2.05, 4.69) is 15.2 Å². The van der Waals surface area contributed by atoms with Gasteiger partial charge in [-0.05, 0) is 37.4 Å². The molecule has 1 fully saturated rings. The number of benzene rings is 1. The van der Waals surface area contributed by atoms with E-state index in [4.69, 9.17) is 16.3 Å². The summed E-state index contributed by atoms with van der Waals surface area (Å²) in [5.41, 5.74) is 0.515. The Morgan fingerprint density at radius 1 is 1.23 bits per heavy atom. The molecule has 0 unspecified atom stereocenters. The first-order chi connectivity index (χ1) is 14.8. The molecule has 1 aliphatic rings. The van der Waals surface area contributed by atoms with Crippen molar-refractivity contribution in [3.05, 3.63) is 41.6 Å². The Bertz CT molecular complexity index is 1010. The zero-order valence-corrected chi connectivity index (χ0v) is 19.8. The van der Waals surface area contributed by atoms with Gasteiger partial charge in [-0.15, -0.1) is 11.8 Å². The highest BCUT2D eigenvalue weighted by Crippen LogP contribution is 2.28. The molecule has 1 aliphatic heterocycles. The first-order valence-electron chi connectivity index (χ1n) is 9.70. The molecule has 0 bridgehead atoms. The summed E-state index contributed by atoms with van der Waals surface area (Å²) in [6.07, 6.45) is 1.64. The van der Waals surface area contributed by atoms with Gasteiger partial charge in [0.2, 0.25) is 15.9 Å². The Labute approximate surface area is 192 Å². The number of nitrogens with zero attached hydrogens (tertiary/aromatic N) is 3. The first-order valence-corrected chi connectivity index (χ1v) is 12.5. The third kappa shape index (κ3) is 6.33. The molecule has 0 radical (unpaired) electrons. The predicted octanol–water partition coefficient (Wildman–Crippen LogP) is 2.80. The van der Waals surface area contributed by atoms with Crippen molar-refractivity contribution in [3.63, 3.8) is 0 Å². The van der Waals surface area contributed by atoms with Gasteiger partial charge in [0.05, 0.1) is 17.8 Å². The van der Waals surface area contributed by atoms with Crippen LogP contribution in [0.1, 0.15) is 6.42 Å². The van der Waals surface area contributed by atoms with Gasteiger partial charge in [-0.3, -0.25) is 4.79 Å². The van der Waals surface area contributed by atoms with Crippen LogP contribution in [-0.2, 0) is 14.8 Å². The maximum Gasteiger partial charge on any atom is 0.244 e. The number of sulfonamides is 1. The van der Waals surface area contributed by atoms with Gasteiger partial charge in [0.1, 0.15) is 10.6 Å². The number of ether oxygens (including phenoxy) is 1. The Kier molecular flexibility index (Phi) is 8.17. The Morgan fingerprint density at radius 3 is 2.61 bits per heavy atom. The van der Waals surface area contributed by atoms with E-state index < -0.39 is 10.0 Å². The van der Waals surface area contributed by atoms with Crippen molar-refractivity contribution in [1.82, 2.24) is 14.2 Å². The van der Waals surface area contributed by atoms with E-state index in [-0.39, 0.29) is 17.2 Å².